The Morgan fingerprint density at radius 1 is 1.29 bits per heavy atom. The smallest absolute Gasteiger partial charge is 0.120 e. The van der Waals surface area contributed by atoms with E-state index in [1.165, 1.54) is 5.56 Å². The van der Waals surface area contributed by atoms with Crippen molar-refractivity contribution in [2.75, 3.05) is 7.05 Å². The highest BCUT2D eigenvalue weighted by atomic mass is 16.5. The van der Waals surface area contributed by atoms with Gasteiger partial charge in [-0.05, 0) is 51.4 Å². The van der Waals surface area contributed by atoms with Gasteiger partial charge in [-0.2, -0.15) is 0 Å². The lowest BCUT2D eigenvalue weighted by Gasteiger charge is -2.25. The molecule has 17 heavy (non-hydrogen) atoms. The predicted molar refractivity (Wildman–Crippen MR) is 73.5 cm³/mol. The van der Waals surface area contributed by atoms with Crippen molar-refractivity contribution in [2.45, 2.75) is 52.2 Å². The molecule has 0 amide bonds. The van der Waals surface area contributed by atoms with Gasteiger partial charge in [0.05, 0.1) is 0 Å². The van der Waals surface area contributed by atoms with Gasteiger partial charge in [-0.3, -0.25) is 0 Å². The van der Waals surface area contributed by atoms with E-state index < -0.39 is 0 Å². The molecule has 0 bridgehead atoms. The minimum Gasteiger partial charge on any atom is -0.488 e. The summed E-state index contributed by atoms with van der Waals surface area (Å²) in [5, 5.41) is 3.32. The molecule has 0 aliphatic heterocycles. The van der Waals surface area contributed by atoms with Gasteiger partial charge in [0.1, 0.15) is 11.4 Å². The molecule has 96 valence electrons. The zero-order chi connectivity index (χ0) is 12.9. The lowest BCUT2D eigenvalue weighted by Crippen LogP contribution is -2.27. The Morgan fingerprint density at radius 2 is 2.00 bits per heavy atom. The first-order valence-corrected chi connectivity index (χ1v) is 6.48. The summed E-state index contributed by atoms with van der Waals surface area (Å²) in [6, 6.07) is 8.79. The third-order valence-corrected chi connectivity index (χ3v) is 3.26. The molecule has 0 radical (unpaired) electrons. The lowest BCUT2D eigenvalue weighted by molar-refractivity contribution is 0.105. The van der Waals surface area contributed by atoms with E-state index in [-0.39, 0.29) is 5.60 Å². The minimum absolute atomic E-state index is 0.0972. The molecule has 1 aromatic carbocycles. The van der Waals surface area contributed by atoms with Crippen molar-refractivity contribution in [1.29, 1.82) is 0 Å². The van der Waals surface area contributed by atoms with Crippen molar-refractivity contribution in [2.24, 2.45) is 0 Å². The second-order valence-electron chi connectivity index (χ2n) is 5.04. The maximum Gasteiger partial charge on any atom is 0.120 e. The SMILES string of the molecule is CCC(NC)c1cccc(OC(C)(C)CC)c1. The van der Waals surface area contributed by atoms with Crippen LogP contribution < -0.4 is 10.1 Å². The maximum absolute atomic E-state index is 6.00. The molecule has 0 saturated carbocycles. The summed E-state index contributed by atoms with van der Waals surface area (Å²) in [4.78, 5) is 0. The van der Waals surface area contributed by atoms with Gasteiger partial charge in [-0.1, -0.05) is 26.0 Å². The molecule has 1 N–H and O–H groups in total. The number of hydrogen-bond acceptors (Lipinski definition) is 2. The first-order valence-electron chi connectivity index (χ1n) is 6.48. The zero-order valence-corrected chi connectivity index (χ0v) is 11.7. The van der Waals surface area contributed by atoms with E-state index in [2.05, 4.69) is 51.2 Å². The molecule has 0 spiro atoms. The van der Waals surface area contributed by atoms with Gasteiger partial charge in [0.15, 0.2) is 0 Å². The van der Waals surface area contributed by atoms with E-state index in [1.807, 2.05) is 13.1 Å². The lowest BCUT2D eigenvalue weighted by atomic mass is 10.0. The Morgan fingerprint density at radius 3 is 2.53 bits per heavy atom. The van der Waals surface area contributed by atoms with Crippen LogP contribution in [0.4, 0.5) is 0 Å². The molecule has 0 aliphatic carbocycles. The number of ether oxygens (including phenoxy) is 1. The molecule has 0 fully saturated rings. The summed E-state index contributed by atoms with van der Waals surface area (Å²) in [5.74, 6) is 0.961. The van der Waals surface area contributed by atoms with Gasteiger partial charge in [0, 0.05) is 6.04 Å². The van der Waals surface area contributed by atoms with Crippen LogP contribution in [0.1, 0.15) is 52.1 Å². The number of rotatable bonds is 6. The largest absolute Gasteiger partial charge is 0.488 e. The van der Waals surface area contributed by atoms with Gasteiger partial charge in [0.25, 0.3) is 0 Å². The molecule has 0 aromatic heterocycles. The Labute approximate surface area is 105 Å². The van der Waals surface area contributed by atoms with Crippen LogP contribution in [0.25, 0.3) is 0 Å². The summed E-state index contributed by atoms with van der Waals surface area (Å²) in [5.41, 5.74) is 1.19. The minimum atomic E-state index is -0.0972. The monoisotopic (exact) mass is 235 g/mol. The zero-order valence-electron chi connectivity index (χ0n) is 11.7. The first-order chi connectivity index (χ1) is 8.02. The van der Waals surface area contributed by atoms with Crippen molar-refractivity contribution in [3.8, 4) is 5.75 Å². The molecule has 0 saturated heterocycles. The molecule has 1 atom stereocenters. The summed E-state index contributed by atoms with van der Waals surface area (Å²) in [7, 11) is 2.00. The van der Waals surface area contributed by atoms with Crippen molar-refractivity contribution in [3.63, 3.8) is 0 Å². The molecule has 2 nitrogen and oxygen atoms in total. The average Bonchev–Trinajstić information content (AvgIpc) is 2.31. The van der Waals surface area contributed by atoms with Crippen molar-refractivity contribution in [3.05, 3.63) is 29.8 Å². The van der Waals surface area contributed by atoms with Crippen molar-refractivity contribution in [1.82, 2.24) is 5.32 Å². The van der Waals surface area contributed by atoms with Crippen LogP contribution in [0.5, 0.6) is 5.75 Å². The standard InChI is InChI=1S/C15H25NO/c1-6-14(16-5)12-9-8-10-13(11-12)17-15(3,4)7-2/h8-11,14,16H,6-7H2,1-5H3. The van der Waals surface area contributed by atoms with Crippen LogP contribution in [-0.4, -0.2) is 12.6 Å². The topological polar surface area (TPSA) is 21.3 Å². The van der Waals surface area contributed by atoms with Crippen molar-refractivity contribution < 1.29 is 4.74 Å². The first kappa shape index (κ1) is 14.0. The van der Waals surface area contributed by atoms with Gasteiger partial charge in [0.2, 0.25) is 0 Å². The van der Waals surface area contributed by atoms with E-state index in [0.29, 0.717) is 6.04 Å². The summed E-state index contributed by atoms with van der Waals surface area (Å²) >= 11 is 0. The molecule has 2 heteroatoms. The van der Waals surface area contributed by atoms with Crippen LogP contribution in [0.2, 0.25) is 0 Å². The van der Waals surface area contributed by atoms with Crippen LogP contribution >= 0.6 is 0 Å². The van der Waals surface area contributed by atoms with Crippen LogP contribution in [-0.2, 0) is 0 Å². The highest BCUT2D eigenvalue weighted by Crippen LogP contribution is 2.25. The fraction of sp³-hybridized carbons (Fsp3) is 0.600. The Balaban J connectivity index is 2.86. The molecule has 0 heterocycles. The molecular weight excluding hydrogens is 210 g/mol. The van der Waals surface area contributed by atoms with Crippen LogP contribution in [0.3, 0.4) is 0 Å². The number of hydrogen-bond donors (Lipinski definition) is 1. The van der Waals surface area contributed by atoms with Crippen LogP contribution in [0, 0.1) is 0 Å². The van der Waals surface area contributed by atoms with Gasteiger partial charge in [-0.25, -0.2) is 0 Å². The molecule has 0 aliphatic rings. The third-order valence-electron chi connectivity index (χ3n) is 3.26. The fourth-order valence-corrected chi connectivity index (χ4v) is 1.79. The quantitative estimate of drug-likeness (QED) is 0.806. The Hall–Kier alpha value is -1.02. The molecule has 1 aromatic rings. The van der Waals surface area contributed by atoms with Crippen molar-refractivity contribution >= 4 is 0 Å². The second kappa shape index (κ2) is 6.06. The number of nitrogens with one attached hydrogen (secondary N) is 1. The van der Waals surface area contributed by atoms with Gasteiger partial charge < -0.3 is 10.1 Å². The molecule has 1 unspecified atom stereocenters. The highest BCUT2D eigenvalue weighted by molar-refractivity contribution is 5.31. The summed E-state index contributed by atoms with van der Waals surface area (Å²) in [6.07, 6.45) is 2.08. The second-order valence-corrected chi connectivity index (χ2v) is 5.04. The van der Waals surface area contributed by atoms with Gasteiger partial charge >= 0.3 is 0 Å². The fourth-order valence-electron chi connectivity index (χ4n) is 1.79. The Kier molecular flexibility index (Phi) is 5.01. The van der Waals surface area contributed by atoms with E-state index in [1.54, 1.807) is 0 Å². The third kappa shape index (κ3) is 4.04. The predicted octanol–water partition coefficient (Wildman–Crippen LogP) is 3.92. The average molecular weight is 235 g/mol. The molecular formula is C15H25NO. The van der Waals surface area contributed by atoms with E-state index in [0.717, 1.165) is 18.6 Å². The van der Waals surface area contributed by atoms with Gasteiger partial charge in [-0.15, -0.1) is 0 Å². The summed E-state index contributed by atoms with van der Waals surface area (Å²) in [6.45, 7) is 8.57. The Bertz CT molecular complexity index is 343. The molecule has 1 rings (SSSR count). The van der Waals surface area contributed by atoms with E-state index >= 15 is 0 Å². The van der Waals surface area contributed by atoms with E-state index in [4.69, 9.17) is 4.74 Å². The maximum atomic E-state index is 6.00. The van der Waals surface area contributed by atoms with Crippen LogP contribution in [0.15, 0.2) is 24.3 Å². The number of benzene rings is 1. The summed E-state index contributed by atoms with van der Waals surface area (Å²) < 4.78 is 6.00. The normalized spacial score (nSPS) is 13.5. The highest BCUT2D eigenvalue weighted by Gasteiger charge is 2.17. The van der Waals surface area contributed by atoms with E-state index in [9.17, 15) is 0 Å².